The maximum atomic E-state index is 10.4. The second kappa shape index (κ2) is 6.91. The molecule has 1 heterocycles. The first kappa shape index (κ1) is 14.3. The molecule has 2 nitrogen and oxygen atoms in total. The zero-order valence-corrected chi connectivity index (χ0v) is 12.3. The quantitative estimate of drug-likeness (QED) is 0.828. The zero-order valence-electron chi connectivity index (χ0n) is 12.3. The summed E-state index contributed by atoms with van der Waals surface area (Å²) < 4.78 is 0. The molecule has 2 heteroatoms. The highest BCUT2D eigenvalue weighted by Crippen LogP contribution is 2.34. The molecule has 1 N–H and O–H groups in total. The summed E-state index contributed by atoms with van der Waals surface area (Å²) in [6.45, 7) is 5.82. The lowest BCUT2D eigenvalue weighted by molar-refractivity contribution is -0.0300. The molecule has 18 heavy (non-hydrogen) atoms. The SMILES string of the molecule is CCCC1CCC(O)C(N2CCCCC2CC)C1. The molecule has 1 saturated heterocycles. The van der Waals surface area contributed by atoms with Gasteiger partial charge >= 0.3 is 0 Å². The van der Waals surface area contributed by atoms with Crippen LogP contribution in [0.5, 0.6) is 0 Å². The number of likely N-dealkylation sites (tertiary alicyclic amines) is 1. The molecule has 4 atom stereocenters. The Balaban J connectivity index is 1.99. The van der Waals surface area contributed by atoms with E-state index in [0.717, 1.165) is 18.4 Å². The fourth-order valence-electron chi connectivity index (χ4n) is 4.14. The van der Waals surface area contributed by atoms with Crippen LogP contribution in [-0.2, 0) is 0 Å². The molecule has 2 aliphatic rings. The maximum absolute atomic E-state index is 10.4. The average molecular weight is 253 g/mol. The van der Waals surface area contributed by atoms with Crippen molar-refractivity contribution >= 4 is 0 Å². The summed E-state index contributed by atoms with van der Waals surface area (Å²) in [6, 6.07) is 1.19. The normalized spacial score (nSPS) is 38.8. The molecule has 1 saturated carbocycles. The molecule has 1 aliphatic carbocycles. The predicted octanol–water partition coefficient (Wildman–Crippen LogP) is 3.58. The van der Waals surface area contributed by atoms with E-state index in [-0.39, 0.29) is 6.10 Å². The van der Waals surface area contributed by atoms with Gasteiger partial charge < -0.3 is 5.11 Å². The van der Waals surface area contributed by atoms with Crippen molar-refractivity contribution in [1.29, 1.82) is 0 Å². The topological polar surface area (TPSA) is 23.5 Å². The van der Waals surface area contributed by atoms with Crippen LogP contribution >= 0.6 is 0 Å². The van der Waals surface area contributed by atoms with Gasteiger partial charge in [0.2, 0.25) is 0 Å². The molecule has 106 valence electrons. The largest absolute Gasteiger partial charge is 0.391 e. The van der Waals surface area contributed by atoms with Gasteiger partial charge in [0.15, 0.2) is 0 Å². The first-order valence-corrected chi connectivity index (χ1v) is 8.20. The Morgan fingerprint density at radius 3 is 2.67 bits per heavy atom. The van der Waals surface area contributed by atoms with Crippen molar-refractivity contribution in [3.8, 4) is 0 Å². The Hall–Kier alpha value is -0.0800. The summed E-state index contributed by atoms with van der Waals surface area (Å²) in [7, 11) is 0. The molecular formula is C16H31NO. The van der Waals surface area contributed by atoms with E-state index in [2.05, 4.69) is 18.7 Å². The molecule has 1 aliphatic heterocycles. The van der Waals surface area contributed by atoms with Gasteiger partial charge in [-0.15, -0.1) is 0 Å². The van der Waals surface area contributed by atoms with Gasteiger partial charge in [-0.2, -0.15) is 0 Å². The summed E-state index contributed by atoms with van der Waals surface area (Å²) in [5.41, 5.74) is 0. The highest BCUT2D eigenvalue weighted by Gasteiger charge is 2.36. The number of aliphatic hydroxyl groups is 1. The second-order valence-electron chi connectivity index (χ2n) is 6.40. The first-order chi connectivity index (χ1) is 8.76. The van der Waals surface area contributed by atoms with Gasteiger partial charge in [0.25, 0.3) is 0 Å². The van der Waals surface area contributed by atoms with E-state index in [1.54, 1.807) is 0 Å². The lowest BCUT2D eigenvalue weighted by atomic mass is 9.79. The van der Waals surface area contributed by atoms with Crippen LogP contribution in [0.25, 0.3) is 0 Å². The van der Waals surface area contributed by atoms with Crippen LogP contribution in [-0.4, -0.2) is 34.7 Å². The van der Waals surface area contributed by atoms with Crippen molar-refractivity contribution < 1.29 is 5.11 Å². The van der Waals surface area contributed by atoms with Crippen molar-refractivity contribution in [2.75, 3.05) is 6.54 Å². The van der Waals surface area contributed by atoms with Gasteiger partial charge in [0, 0.05) is 12.1 Å². The third kappa shape index (κ3) is 3.27. The minimum absolute atomic E-state index is 0.0646. The molecule has 4 unspecified atom stereocenters. The summed E-state index contributed by atoms with van der Waals surface area (Å²) in [6.07, 6.45) is 11.4. The number of hydrogen-bond acceptors (Lipinski definition) is 2. The molecule has 2 fully saturated rings. The van der Waals surface area contributed by atoms with E-state index in [4.69, 9.17) is 0 Å². The van der Waals surface area contributed by atoms with Crippen LogP contribution in [0.2, 0.25) is 0 Å². The van der Waals surface area contributed by atoms with Crippen LogP contribution in [0.4, 0.5) is 0 Å². The number of piperidine rings is 1. The minimum atomic E-state index is -0.0646. The number of hydrogen-bond donors (Lipinski definition) is 1. The third-order valence-electron chi connectivity index (χ3n) is 5.16. The highest BCUT2D eigenvalue weighted by molar-refractivity contribution is 4.91. The Morgan fingerprint density at radius 1 is 1.11 bits per heavy atom. The average Bonchev–Trinajstić information content (AvgIpc) is 2.41. The summed E-state index contributed by atoms with van der Waals surface area (Å²) >= 11 is 0. The molecular weight excluding hydrogens is 222 g/mol. The molecule has 0 aromatic rings. The fraction of sp³-hybridized carbons (Fsp3) is 1.00. The van der Waals surface area contributed by atoms with E-state index in [0.29, 0.717) is 6.04 Å². The molecule has 0 spiro atoms. The third-order valence-corrected chi connectivity index (χ3v) is 5.16. The Bertz CT molecular complexity index is 243. The van der Waals surface area contributed by atoms with Gasteiger partial charge in [-0.25, -0.2) is 0 Å². The van der Waals surface area contributed by atoms with Gasteiger partial charge in [-0.05, 0) is 51.0 Å². The van der Waals surface area contributed by atoms with Crippen molar-refractivity contribution in [3.05, 3.63) is 0 Å². The smallest absolute Gasteiger partial charge is 0.0695 e. The van der Waals surface area contributed by atoms with Crippen LogP contribution in [0.3, 0.4) is 0 Å². The van der Waals surface area contributed by atoms with Crippen molar-refractivity contribution in [2.45, 2.75) is 89.8 Å². The molecule has 0 amide bonds. The van der Waals surface area contributed by atoms with Crippen LogP contribution in [0, 0.1) is 5.92 Å². The predicted molar refractivity (Wildman–Crippen MR) is 76.7 cm³/mol. The van der Waals surface area contributed by atoms with E-state index >= 15 is 0 Å². The maximum Gasteiger partial charge on any atom is 0.0695 e. The zero-order chi connectivity index (χ0) is 13.0. The second-order valence-corrected chi connectivity index (χ2v) is 6.40. The Morgan fingerprint density at radius 2 is 1.94 bits per heavy atom. The lowest BCUT2D eigenvalue weighted by Crippen LogP contribution is -2.53. The molecule has 0 bridgehead atoms. The first-order valence-electron chi connectivity index (χ1n) is 8.20. The van der Waals surface area contributed by atoms with Crippen LogP contribution in [0.15, 0.2) is 0 Å². The lowest BCUT2D eigenvalue weighted by Gasteiger charge is -2.46. The van der Waals surface area contributed by atoms with Gasteiger partial charge in [-0.3, -0.25) is 4.90 Å². The van der Waals surface area contributed by atoms with Gasteiger partial charge in [-0.1, -0.05) is 33.1 Å². The highest BCUT2D eigenvalue weighted by atomic mass is 16.3. The summed E-state index contributed by atoms with van der Waals surface area (Å²) in [4.78, 5) is 2.66. The van der Waals surface area contributed by atoms with E-state index in [1.165, 1.54) is 57.9 Å². The number of aliphatic hydroxyl groups excluding tert-OH is 1. The van der Waals surface area contributed by atoms with Crippen molar-refractivity contribution in [2.24, 2.45) is 5.92 Å². The molecule has 0 aromatic heterocycles. The van der Waals surface area contributed by atoms with E-state index in [1.807, 2.05) is 0 Å². The molecule has 0 radical (unpaired) electrons. The Kier molecular flexibility index (Phi) is 5.50. The monoisotopic (exact) mass is 253 g/mol. The van der Waals surface area contributed by atoms with Crippen molar-refractivity contribution in [1.82, 2.24) is 4.90 Å². The number of nitrogens with zero attached hydrogens (tertiary/aromatic N) is 1. The van der Waals surface area contributed by atoms with E-state index in [9.17, 15) is 5.11 Å². The van der Waals surface area contributed by atoms with Crippen molar-refractivity contribution in [3.63, 3.8) is 0 Å². The van der Waals surface area contributed by atoms with Gasteiger partial charge in [0.1, 0.15) is 0 Å². The molecule has 2 rings (SSSR count). The fourth-order valence-corrected chi connectivity index (χ4v) is 4.14. The van der Waals surface area contributed by atoms with Crippen LogP contribution in [0.1, 0.15) is 71.6 Å². The standard InChI is InChI=1S/C16H31NO/c1-3-7-13-9-10-16(18)15(12-13)17-11-6-5-8-14(17)4-2/h13-16,18H,3-12H2,1-2H3. The van der Waals surface area contributed by atoms with Gasteiger partial charge in [0.05, 0.1) is 6.10 Å². The van der Waals surface area contributed by atoms with Crippen LogP contribution < -0.4 is 0 Å². The summed E-state index contributed by atoms with van der Waals surface area (Å²) in [5, 5.41) is 10.4. The van der Waals surface area contributed by atoms with E-state index < -0.39 is 0 Å². The minimum Gasteiger partial charge on any atom is -0.391 e. The summed E-state index contributed by atoms with van der Waals surface area (Å²) in [5.74, 6) is 0.864. The number of rotatable bonds is 4. The molecule has 0 aromatic carbocycles. The Labute approximate surface area is 113 Å².